The van der Waals surface area contributed by atoms with Crippen molar-refractivity contribution in [2.45, 2.75) is 11.4 Å². The number of thioether (sulfide) groups is 1. The summed E-state index contributed by atoms with van der Waals surface area (Å²) < 4.78 is 1.54. The van der Waals surface area contributed by atoms with E-state index in [0.717, 1.165) is 10.5 Å². The third-order valence-corrected chi connectivity index (χ3v) is 5.66. The van der Waals surface area contributed by atoms with Crippen molar-refractivity contribution >= 4 is 45.9 Å². The van der Waals surface area contributed by atoms with E-state index in [1.807, 2.05) is 24.3 Å². The predicted octanol–water partition coefficient (Wildman–Crippen LogP) is 4.22. The van der Waals surface area contributed by atoms with Crippen LogP contribution in [0.25, 0.3) is 10.9 Å². The number of carbonyl (C=O) groups excluding carboxylic acids is 1. The Balaban J connectivity index is 1.51. The molecule has 8 heteroatoms. The van der Waals surface area contributed by atoms with Crippen LogP contribution in [0, 0.1) is 0 Å². The van der Waals surface area contributed by atoms with E-state index >= 15 is 0 Å². The molecule has 4 rings (SSSR count). The molecule has 0 fully saturated rings. The van der Waals surface area contributed by atoms with Crippen molar-refractivity contribution in [3.63, 3.8) is 0 Å². The van der Waals surface area contributed by atoms with Crippen LogP contribution in [0.3, 0.4) is 0 Å². The molecule has 0 atom stereocenters. The normalized spacial score (nSPS) is 10.8. The van der Waals surface area contributed by atoms with E-state index in [4.69, 9.17) is 11.6 Å². The highest BCUT2D eigenvalue weighted by Gasteiger charge is 2.09. The van der Waals surface area contributed by atoms with E-state index in [2.05, 4.69) is 15.3 Å². The molecule has 0 aliphatic carbocycles. The summed E-state index contributed by atoms with van der Waals surface area (Å²) in [6.45, 7) is 0.387. The number of halogens is 1. The van der Waals surface area contributed by atoms with Gasteiger partial charge in [-0.2, -0.15) is 0 Å². The molecule has 6 nitrogen and oxygen atoms in total. The molecule has 0 unspecified atom stereocenters. The van der Waals surface area contributed by atoms with Crippen LogP contribution >= 0.6 is 23.4 Å². The molecule has 150 valence electrons. The van der Waals surface area contributed by atoms with Crippen molar-refractivity contribution in [3.8, 4) is 0 Å². The summed E-state index contributed by atoms with van der Waals surface area (Å²) in [7, 11) is 0. The van der Waals surface area contributed by atoms with Crippen molar-refractivity contribution in [2.75, 3.05) is 11.1 Å². The van der Waals surface area contributed by atoms with Crippen LogP contribution in [0.15, 0.2) is 83.0 Å². The molecule has 30 heavy (non-hydrogen) atoms. The van der Waals surface area contributed by atoms with Crippen LogP contribution in [0.1, 0.15) is 5.56 Å². The number of anilines is 1. The Morgan fingerprint density at radius 1 is 1.07 bits per heavy atom. The van der Waals surface area contributed by atoms with Crippen molar-refractivity contribution < 1.29 is 4.79 Å². The first kappa shape index (κ1) is 20.1. The van der Waals surface area contributed by atoms with Gasteiger partial charge < -0.3 is 5.32 Å². The van der Waals surface area contributed by atoms with Gasteiger partial charge in [-0.05, 0) is 48.0 Å². The minimum Gasteiger partial charge on any atom is -0.325 e. The Morgan fingerprint density at radius 3 is 2.60 bits per heavy atom. The van der Waals surface area contributed by atoms with Gasteiger partial charge in [0.05, 0.1) is 29.5 Å². The summed E-state index contributed by atoms with van der Waals surface area (Å²) in [5, 5.41) is 3.93. The molecule has 1 amide bonds. The number of carbonyl (C=O) groups is 1. The molecule has 2 aromatic carbocycles. The average molecular weight is 437 g/mol. The van der Waals surface area contributed by atoms with E-state index in [0.29, 0.717) is 28.2 Å². The monoisotopic (exact) mass is 436 g/mol. The molecule has 0 saturated carbocycles. The molecule has 0 radical (unpaired) electrons. The van der Waals surface area contributed by atoms with Crippen LogP contribution < -0.4 is 10.9 Å². The van der Waals surface area contributed by atoms with Gasteiger partial charge in [-0.25, -0.2) is 4.98 Å². The van der Waals surface area contributed by atoms with Crippen LogP contribution in [-0.2, 0) is 11.3 Å². The van der Waals surface area contributed by atoms with Gasteiger partial charge in [0.25, 0.3) is 5.56 Å². The Hall–Kier alpha value is -3.16. The van der Waals surface area contributed by atoms with Gasteiger partial charge in [0.1, 0.15) is 0 Å². The van der Waals surface area contributed by atoms with Crippen LogP contribution in [0.2, 0.25) is 5.02 Å². The van der Waals surface area contributed by atoms with Gasteiger partial charge in [0.15, 0.2) is 0 Å². The standard InChI is InChI=1S/C22H17ClN4O2S/c23-16-3-1-15(2-4-16)12-27-14-25-20-6-5-17(11-19(20)22(27)29)26-21(28)13-30-18-7-9-24-10-8-18/h1-11,14H,12-13H2,(H,26,28). The van der Waals surface area contributed by atoms with Crippen molar-refractivity contribution in [2.24, 2.45) is 0 Å². The molecule has 0 saturated heterocycles. The molecule has 4 aromatic rings. The number of hydrogen-bond acceptors (Lipinski definition) is 5. The Labute approximate surface area is 181 Å². The molecule has 0 aliphatic heterocycles. The van der Waals surface area contributed by atoms with Gasteiger partial charge in [-0.1, -0.05) is 23.7 Å². The van der Waals surface area contributed by atoms with Gasteiger partial charge >= 0.3 is 0 Å². The minimum absolute atomic E-state index is 0.151. The Kier molecular flexibility index (Phi) is 6.11. The lowest BCUT2D eigenvalue weighted by Gasteiger charge is -2.09. The quantitative estimate of drug-likeness (QED) is 0.458. The van der Waals surface area contributed by atoms with Gasteiger partial charge in [0.2, 0.25) is 5.91 Å². The van der Waals surface area contributed by atoms with Crippen molar-refractivity contribution in [1.82, 2.24) is 14.5 Å². The van der Waals surface area contributed by atoms with Gasteiger partial charge in [-0.3, -0.25) is 19.1 Å². The summed E-state index contributed by atoms with van der Waals surface area (Å²) in [5.74, 6) is 0.108. The number of fused-ring (bicyclic) bond motifs is 1. The average Bonchev–Trinajstić information content (AvgIpc) is 2.77. The first-order chi connectivity index (χ1) is 14.6. The summed E-state index contributed by atoms with van der Waals surface area (Å²) >= 11 is 7.34. The fourth-order valence-electron chi connectivity index (χ4n) is 2.92. The van der Waals surface area contributed by atoms with E-state index in [-0.39, 0.29) is 17.2 Å². The largest absolute Gasteiger partial charge is 0.325 e. The predicted molar refractivity (Wildman–Crippen MR) is 120 cm³/mol. The summed E-state index contributed by atoms with van der Waals surface area (Å²) in [6.07, 6.45) is 4.90. The maximum Gasteiger partial charge on any atom is 0.261 e. The van der Waals surface area contributed by atoms with Crippen LogP contribution in [0.4, 0.5) is 5.69 Å². The second-order valence-corrected chi connectivity index (χ2v) is 8.04. The molecule has 2 heterocycles. The number of rotatable bonds is 6. The highest BCUT2D eigenvalue weighted by Crippen LogP contribution is 2.18. The zero-order valence-electron chi connectivity index (χ0n) is 15.8. The summed E-state index contributed by atoms with van der Waals surface area (Å²) in [6, 6.07) is 16.2. The second-order valence-electron chi connectivity index (χ2n) is 6.56. The third-order valence-electron chi connectivity index (χ3n) is 4.39. The van der Waals surface area contributed by atoms with E-state index < -0.39 is 0 Å². The van der Waals surface area contributed by atoms with Crippen molar-refractivity contribution in [1.29, 1.82) is 0 Å². The number of hydrogen-bond donors (Lipinski definition) is 1. The fourth-order valence-corrected chi connectivity index (χ4v) is 3.73. The number of aromatic nitrogens is 3. The maximum atomic E-state index is 12.9. The fraction of sp³-hybridized carbons (Fsp3) is 0.0909. The smallest absolute Gasteiger partial charge is 0.261 e. The summed E-state index contributed by atoms with van der Waals surface area (Å²) in [5.41, 5.74) is 1.92. The number of nitrogens with one attached hydrogen (secondary N) is 1. The van der Waals surface area contributed by atoms with E-state index in [9.17, 15) is 9.59 Å². The van der Waals surface area contributed by atoms with Crippen molar-refractivity contribution in [3.05, 3.63) is 94.3 Å². The minimum atomic E-state index is -0.169. The lowest BCUT2D eigenvalue weighted by molar-refractivity contribution is -0.113. The molecule has 2 aromatic heterocycles. The zero-order chi connectivity index (χ0) is 20.9. The zero-order valence-corrected chi connectivity index (χ0v) is 17.4. The molecule has 0 bridgehead atoms. The van der Waals surface area contributed by atoms with Crippen LogP contribution in [0.5, 0.6) is 0 Å². The summed E-state index contributed by atoms with van der Waals surface area (Å²) in [4.78, 5) is 34.5. The number of benzene rings is 2. The number of nitrogens with zero attached hydrogens (tertiary/aromatic N) is 3. The van der Waals surface area contributed by atoms with E-state index in [1.54, 1.807) is 42.7 Å². The Bertz CT molecular complexity index is 1240. The first-order valence-electron chi connectivity index (χ1n) is 9.15. The number of pyridine rings is 1. The second kappa shape index (κ2) is 9.11. The molecular weight excluding hydrogens is 420 g/mol. The maximum absolute atomic E-state index is 12.9. The lowest BCUT2D eigenvalue weighted by atomic mass is 10.2. The number of amides is 1. The molecular formula is C22H17ClN4O2S. The van der Waals surface area contributed by atoms with E-state index in [1.165, 1.54) is 22.7 Å². The van der Waals surface area contributed by atoms with Gasteiger partial charge in [-0.15, -0.1) is 11.8 Å². The highest BCUT2D eigenvalue weighted by atomic mass is 35.5. The third kappa shape index (κ3) is 4.87. The molecule has 1 N–H and O–H groups in total. The molecule has 0 aliphatic rings. The SMILES string of the molecule is O=C(CSc1ccncc1)Nc1ccc2ncn(Cc3ccc(Cl)cc3)c(=O)c2c1. The van der Waals surface area contributed by atoms with Crippen LogP contribution in [-0.4, -0.2) is 26.2 Å². The topological polar surface area (TPSA) is 76.9 Å². The van der Waals surface area contributed by atoms with Gasteiger partial charge in [0, 0.05) is 28.0 Å². The molecule has 0 spiro atoms. The lowest BCUT2D eigenvalue weighted by Crippen LogP contribution is -2.21. The first-order valence-corrected chi connectivity index (χ1v) is 10.5. The Morgan fingerprint density at radius 2 is 1.83 bits per heavy atom. The highest BCUT2D eigenvalue weighted by molar-refractivity contribution is 8.00.